The molecule has 0 radical (unpaired) electrons. The molecule has 5 nitrogen and oxygen atoms in total. The topological polar surface area (TPSA) is 55.3 Å². The molecule has 0 atom stereocenters. The molecule has 5 heteroatoms. The Bertz CT molecular complexity index is 2970. The first-order chi connectivity index (χ1) is 27.7. The molecule has 0 amide bonds. The molecule has 0 bridgehead atoms. The van der Waals surface area contributed by atoms with E-state index in [1.54, 1.807) is 0 Å². The van der Waals surface area contributed by atoms with Crippen LogP contribution in [0.25, 0.3) is 67.4 Å². The van der Waals surface area contributed by atoms with Crippen molar-refractivity contribution in [2.75, 3.05) is 4.90 Å². The molecule has 10 aromatic rings. The van der Waals surface area contributed by atoms with Crippen LogP contribution in [0.2, 0.25) is 0 Å². The van der Waals surface area contributed by atoms with Gasteiger partial charge in [0.1, 0.15) is 11.0 Å². The monoisotopic (exact) mass is 717 g/mol. The first-order valence-electron chi connectivity index (χ1n) is 18.9. The van der Waals surface area contributed by atoms with Gasteiger partial charge in [0, 0.05) is 16.8 Å². The molecule has 0 fully saturated rings. The van der Waals surface area contributed by atoms with Gasteiger partial charge in [0.25, 0.3) is 0 Å². The van der Waals surface area contributed by atoms with Gasteiger partial charge >= 0.3 is 0 Å². The number of hydrogen-bond acceptors (Lipinski definition) is 5. The molecule has 0 N–H and O–H groups in total. The molecule has 56 heavy (non-hydrogen) atoms. The molecule has 3 heterocycles. The van der Waals surface area contributed by atoms with Crippen molar-refractivity contribution in [3.63, 3.8) is 0 Å². The number of fused-ring (bicyclic) bond motifs is 11. The number of aromatic nitrogens is 2. The molecule has 1 aliphatic heterocycles. The maximum atomic E-state index is 6.36. The molecule has 1 spiro atoms. The van der Waals surface area contributed by atoms with Crippen molar-refractivity contribution in [2.45, 2.75) is 5.41 Å². The quantitative estimate of drug-likeness (QED) is 0.181. The number of rotatable bonds is 4. The average molecular weight is 718 g/mol. The second-order valence-corrected chi connectivity index (χ2v) is 14.5. The molecule has 262 valence electrons. The van der Waals surface area contributed by atoms with Crippen LogP contribution in [0.4, 0.5) is 17.1 Å². The fraction of sp³-hybridized carbons (Fsp3) is 0.0196. The molecular formula is C51H31N3O2. The van der Waals surface area contributed by atoms with Crippen LogP contribution in [-0.4, -0.2) is 9.97 Å². The Morgan fingerprint density at radius 1 is 0.375 bits per heavy atom. The van der Waals surface area contributed by atoms with Crippen molar-refractivity contribution in [3.8, 4) is 45.2 Å². The largest absolute Gasteiger partial charge is 0.436 e. The summed E-state index contributed by atoms with van der Waals surface area (Å²) in [6.45, 7) is 0. The van der Waals surface area contributed by atoms with Crippen LogP contribution in [0.1, 0.15) is 22.3 Å². The van der Waals surface area contributed by atoms with E-state index in [1.165, 1.54) is 44.8 Å². The summed E-state index contributed by atoms with van der Waals surface area (Å²) in [7, 11) is 0. The summed E-state index contributed by atoms with van der Waals surface area (Å²) in [6, 6.07) is 66.6. The lowest BCUT2D eigenvalue weighted by molar-refractivity contribution is 0.617. The van der Waals surface area contributed by atoms with Gasteiger partial charge in [-0.3, -0.25) is 0 Å². The summed E-state index contributed by atoms with van der Waals surface area (Å²) in [5.41, 5.74) is 17.3. The highest BCUT2D eigenvalue weighted by Gasteiger charge is 2.51. The molecular weight excluding hydrogens is 687 g/mol. The van der Waals surface area contributed by atoms with Gasteiger partial charge in [0.05, 0.1) is 16.8 Å². The van der Waals surface area contributed by atoms with Crippen molar-refractivity contribution in [3.05, 3.63) is 210 Å². The lowest BCUT2D eigenvalue weighted by atomic mass is 9.64. The van der Waals surface area contributed by atoms with Crippen molar-refractivity contribution >= 4 is 39.3 Å². The van der Waals surface area contributed by atoms with Crippen LogP contribution in [0.3, 0.4) is 0 Å². The van der Waals surface area contributed by atoms with E-state index in [0.29, 0.717) is 11.8 Å². The van der Waals surface area contributed by atoms with Gasteiger partial charge in [-0.1, -0.05) is 115 Å². The molecule has 0 saturated heterocycles. The van der Waals surface area contributed by atoms with Crippen LogP contribution in [0, 0.1) is 0 Å². The van der Waals surface area contributed by atoms with Crippen molar-refractivity contribution < 1.29 is 8.83 Å². The van der Waals surface area contributed by atoms with E-state index in [0.717, 1.165) is 50.1 Å². The minimum absolute atomic E-state index is 0.548. The first kappa shape index (κ1) is 30.9. The van der Waals surface area contributed by atoms with Gasteiger partial charge in [-0.25, -0.2) is 9.97 Å². The summed E-state index contributed by atoms with van der Waals surface area (Å²) < 4.78 is 12.7. The van der Waals surface area contributed by atoms with Gasteiger partial charge in [0.2, 0.25) is 11.8 Å². The minimum atomic E-state index is -0.568. The number of nitrogens with zero attached hydrogens (tertiary/aromatic N) is 3. The van der Waals surface area contributed by atoms with Gasteiger partial charge in [-0.2, -0.15) is 0 Å². The fourth-order valence-corrected chi connectivity index (χ4v) is 9.17. The second-order valence-electron chi connectivity index (χ2n) is 14.5. The highest BCUT2D eigenvalue weighted by molar-refractivity contribution is 5.97. The second kappa shape index (κ2) is 11.7. The zero-order valence-corrected chi connectivity index (χ0v) is 30.1. The molecule has 2 aromatic heterocycles. The van der Waals surface area contributed by atoms with Crippen LogP contribution >= 0.6 is 0 Å². The highest BCUT2D eigenvalue weighted by atomic mass is 16.4. The Kier molecular flexibility index (Phi) is 6.48. The van der Waals surface area contributed by atoms with Crippen LogP contribution in [0.5, 0.6) is 0 Å². The fourth-order valence-electron chi connectivity index (χ4n) is 9.17. The SMILES string of the molecule is c1ccc(N2c3ccccc3C3(c4ccccc4-c4ccc(-c5cc(-c6nc7ccccc7o6)cc(-c6nc7ccccc7o6)c5)cc43)c3ccccc32)cc1. The maximum absolute atomic E-state index is 6.36. The first-order valence-corrected chi connectivity index (χ1v) is 18.9. The van der Waals surface area contributed by atoms with E-state index >= 15 is 0 Å². The minimum Gasteiger partial charge on any atom is -0.436 e. The Balaban J connectivity index is 1.12. The van der Waals surface area contributed by atoms with Gasteiger partial charge in [0.15, 0.2) is 11.2 Å². The third-order valence-electron chi connectivity index (χ3n) is 11.5. The Morgan fingerprint density at radius 2 is 0.875 bits per heavy atom. The van der Waals surface area contributed by atoms with Crippen molar-refractivity contribution in [1.82, 2.24) is 9.97 Å². The van der Waals surface area contributed by atoms with E-state index in [1.807, 2.05) is 48.5 Å². The lowest BCUT2D eigenvalue weighted by Crippen LogP contribution is -2.36. The molecule has 0 saturated carbocycles. The highest BCUT2D eigenvalue weighted by Crippen LogP contribution is 2.63. The zero-order valence-electron chi connectivity index (χ0n) is 30.1. The Labute approximate surface area is 322 Å². The molecule has 1 aliphatic carbocycles. The van der Waals surface area contributed by atoms with Crippen LogP contribution in [-0.2, 0) is 5.41 Å². The molecule has 2 aliphatic rings. The van der Waals surface area contributed by atoms with Crippen LogP contribution in [0.15, 0.2) is 197 Å². The summed E-state index contributed by atoms with van der Waals surface area (Å²) in [6.07, 6.45) is 0. The van der Waals surface area contributed by atoms with Gasteiger partial charge in [-0.15, -0.1) is 0 Å². The molecule has 12 rings (SSSR count). The van der Waals surface area contributed by atoms with E-state index in [4.69, 9.17) is 18.8 Å². The molecule has 8 aromatic carbocycles. The van der Waals surface area contributed by atoms with Crippen molar-refractivity contribution in [2.24, 2.45) is 0 Å². The zero-order chi connectivity index (χ0) is 36.8. The van der Waals surface area contributed by atoms with Gasteiger partial charge < -0.3 is 13.7 Å². The van der Waals surface area contributed by atoms with E-state index < -0.39 is 5.41 Å². The Morgan fingerprint density at radius 3 is 1.50 bits per heavy atom. The predicted molar refractivity (Wildman–Crippen MR) is 223 cm³/mol. The number of oxazole rings is 2. The Hall–Kier alpha value is -7.50. The average Bonchev–Trinajstić information content (AvgIpc) is 3.98. The standard InChI is InChI=1S/C51H31N3O2/c1-2-14-36(15-3-1)54-45-22-10-6-18-40(45)51(41-19-7-11-23-46(41)54)39-17-5-4-16-37(39)38-27-26-32(31-42(38)51)33-28-34(49-52-43-20-8-12-24-47(43)55-49)30-35(29-33)50-53-44-21-9-13-25-48(44)56-50/h1-31H. The van der Waals surface area contributed by atoms with E-state index in [-0.39, 0.29) is 0 Å². The summed E-state index contributed by atoms with van der Waals surface area (Å²) in [5, 5.41) is 0. The third kappa shape index (κ3) is 4.37. The number of anilines is 3. The summed E-state index contributed by atoms with van der Waals surface area (Å²) in [5.74, 6) is 1.10. The third-order valence-corrected chi connectivity index (χ3v) is 11.5. The lowest BCUT2D eigenvalue weighted by Gasteiger charge is -2.45. The maximum Gasteiger partial charge on any atom is 0.227 e. The van der Waals surface area contributed by atoms with E-state index in [2.05, 4.69) is 144 Å². The van der Waals surface area contributed by atoms with E-state index in [9.17, 15) is 0 Å². The van der Waals surface area contributed by atoms with Crippen molar-refractivity contribution in [1.29, 1.82) is 0 Å². The number of para-hydroxylation sites is 7. The predicted octanol–water partition coefficient (Wildman–Crippen LogP) is 13.1. The summed E-state index contributed by atoms with van der Waals surface area (Å²) >= 11 is 0. The van der Waals surface area contributed by atoms with Crippen LogP contribution < -0.4 is 4.90 Å². The summed E-state index contributed by atoms with van der Waals surface area (Å²) in [4.78, 5) is 12.2. The normalized spacial score (nSPS) is 13.5. The number of benzene rings is 8. The number of hydrogen-bond donors (Lipinski definition) is 0. The smallest absolute Gasteiger partial charge is 0.227 e. The molecule has 0 unspecified atom stereocenters. The van der Waals surface area contributed by atoms with Gasteiger partial charge in [-0.05, 0) is 117 Å².